The van der Waals surface area contributed by atoms with Crippen molar-refractivity contribution in [2.75, 3.05) is 6.61 Å². The fourth-order valence-corrected chi connectivity index (χ4v) is 3.32. The molecule has 0 aliphatic carbocycles. The average molecular weight is 416 g/mol. The van der Waals surface area contributed by atoms with Gasteiger partial charge in [-0.3, -0.25) is 4.79 Å². The van der Waals surface area contributed by atoms with Crippen molar-refractivity contribution in [2.45, 2.75) is 6.92 Å². The fraction of sp³-hybridized carbons (Fsp3) is 0.0800. The van der Waals surface area contributed by atoms with Crippen molar-refractivity contribution in [3.05, 3.63) is 101 Å². The zero-order valence-corrected chi connectivity index (χ0v) is 17.0. The summed E-state index contributed by atoms with van der Waals surface area (Å²) in [5, 5.41) is 1.23. The number of pyridine rings is 1. The van der Waals surface area contributed by atoms with Crippen LogP contribution >= 0.6 is 11.6 Å². The molecule has 3 aromatic carbocycles. The maximum atomic E-state index is 12.9. The molecule has 0 spiro atoms. The van der Waals surface area contributed by atoms with Gasteiger partial charge in [-0.25, -0.2) is 9.78 Å². The number of rotatable bonds is 5. The van der Waals surface area contributed by atoms with Gasteiger partial charge in [0.15, 0.2) is 12.4 Å². The second-order valence-corrected chi connectivity index (χ2v) is 7.38. The van der Waals surface area contributed by atoms with Crippen LogP contribution in [0.2, 0.25) is 5.02 Å². The minimum absolute atomic E-state index is 0.294. The first-order valence-electron chi connectivity index (χ1n) is 9.44. The number of carbonyl (C=O) groups excluding carboxylic acids is 2. The first kappa shape index (κ1) is 19.8. The molecule has 0 saturated heterocycles. The van der Waals surface area contributed by atoms with Crippen LogP contribution in [0.25, 0.3) is 22.2 Å². The van der Waals surface area contributed by atoms with Crippen molar-refractivity contribution < 1.29 is 14.3 Å². The van der Waals surface area contributed by atoms with E-state index in [-0.39, 0.29) is 12.4 Å². The molecule has 5 heteroatoms. The third kappa shape index (κ3) is 4.24. The highest BCUT2D eigenvalue weighted by Gasteiger charge is 2.17. The first-order chi connectivity index (χ1) is 14.5. The van der Waals surface area contributed by atoms with E-state index < -0.39 is 5.97 Å². The number of carbonyl (C=O) groups is 2. The number of fused-ring (bicyclic) bond motifs is 1. The third-order valence-electron chi connectivity index (χ3n) is 4.75. The van der Waals surface area contributed by atoms with Crippen molar-refractivity contribution in [1.29, 1.82) is 0 Å². The molecule has 30 heavy (non-hydrogen) atoms. The van der Waals surface area contributed by atoms with Crippen molar-refractivity contribution in [3.8, 4) is 11.3 Å². The lowest BCUT2D eigenvalue weighted by molar-refractivity contribution is 0.0476. The number of aryl methyl sites for hydroxylation is 1. The van der Waals surface area contributed by atoms with Gasteiger partial charge in [-0.2, -0.15) is 0 Å². The highest BCUT2D eigenvalue weighted by Crippen LogP contribution is 2.26. The molecular formula is C25H18ClNO3. The average Bonchev–Trinajstić information content (AvgIpc) is 2.77. The Morgan fingerprint density at radius 1 is 0.933 bits per heavy atom. The normalized spacial score (nSPS) is 10.7. The Balaban J connectivity index is 1.66. The SMILES string of the molecule is Cc1ccc2nc(-c3ccccc3)cc(C(=O)OCC(=O)c3ccc(Cl)cc3)c2c1. The molecule has 0 fully saturated rings. The molecule has 4 aromatic rings. The summed E-state index contributed by atoms with van der Waals surface area (Å²) in [5.74, 6) is -0.856. The number of Topliss-reactive ketones (excluding diaryl/α,β-unsaturated/α-hetero) is 1. The quantitative estimate of drug-likeness (QED) is 0.300. The number of nitrogens with zero attached hydrogens (tertiary/aromatic N) is 1. The lowest BCUT2D eigenvalue weighted by atomic mass is 10.0. The molecule has 0 bridgehead atoms. The van der Waals surface area contributed by atoms with Gasteiger partial charge >= 0.3 is 5.97 Å². The highest BCUT2D eigenvalue weighted by atomic mass is 35.5. The van der Waals surface area contributed by atoms with E-state index in [1.54, 1.807) is 30.3 Å². The van der Waals surface area contributed by atoms with Gasteiger partial charge in [-0.05, 0) is 49.4 Å². The number of benzene rings is 3. The number of hydrogen-bond donors (Lipinski definition) is 0. The van der Waals surface area contributed by atoms with Gasteiger partial charge < -0.3 is 4.74 Å². The van der Waals surface area contributed by atoms with Gasteiger partial charge in [-0.1, -0.05) is 53.6 Å². The van der Waals surface area contributed by atoms with Gasteiger partial charge in [0, 0.05) is 21.5 Å². The predicted octanol–water partition coefficient (Wildman–Crippen LogP) is 5.90. The molecule has 0 aliphatic heterocycles. The molecule has 0 aliphatic rings. The van der Waals surface area contributed by atoms with Gasteiger partial charge in [0.25, 0.3) is 0 Å². The van der Waals surface area contributed by atoms with Crippen LogP contribution in [0, 0.1) is 6.92 Å². The lowest BCUT2D eigenvalue weighted by Crippen LogP contribution is -2.15. The Labute approximate surface area is 179 Å². The molecule has 0 unspecified atom stereocenters. The van der Waals surface area contributed by atoms with Crippen LogP contribution in [-0.4, -0.2) is 23.3 Å². The van der Waals surface area contributed by atoms with E-state index in [9.17, 15) is 9.59 Å². The van der Waals surface area contributed by atoms with Gasteiger partial charge in [-0.15, -0.1) is 0 Å². The maximum absolute atomic E-state index is 12.9. The highest BCUT2D eigenvalue weighted by molar-refractivity contribution is 6.30. The molecule has 0 atom stereocenters. The van der Waals surface area contributed by atoms with E-state index in [0.717, 1.165) is 11.1 Å². The zero-order chi connectivity index (χ0) is 21.1. The molecule has 0 radical (unpaired) electrons. The maximum Gasteiger partial charge on any atom is 0.339 e. The summed E-state index contributed by atoms with van der Waals surface area (Å²) in [6.07, 6.45) is 0. The van der Waals surface area contributed by atoms with Crippen LogP contribution in [0.15, 0.2) is 78.9 Å². The van der Waals surface area contributed by atoms with Crippen LogP contribution in [0.5, 0.6) is 0 Å². The second-order valence-electron chi connectivity index (χ2n) is 6.95. The van der Waals surface area contributed by atoms with Gasteiger partial charge in [0.05, 0.1) is 16.8 Å². The molecule has 0 N–H and O–H groups in total. The third-order valence-corrected chi connectivity index (χ3v) is 5.01. The van der Waals surface area contributed by atoms with E-state index in [2.05, 4.69) is 0 Å². The van der Waals surface area contributed by atoms with Crippen molar-refractivity contribution in [3.63, 3.8) is 0 Å². The summed E-state index contributed by atoms with van der Waals surface area (Å²) in [6, 6.07) is 23.5. The molecule has 4 rings (SSSR count). The largest absolute Gasteiger partial charge is 0.454 e. The Morgan fingerprint density at radius 2 is 1.67 bits per heavy atom. The van der Waals surface area contributed by atoms with Crippen LogP contribution in [0.4, 0.5) is 0 Å². The van der Waals surface area contributed by atoms with E-state index in [1.807, 2.05) is 55.5 Å². The van der Waals surface area contributed by atoms with E-state index in [1.165, 1.54) is 0 Å². The summed E-state index contributed by atoms with van der Waals surface area (Å²) in [5.41, 5.74) is 4.08. The fourth-order valence-electron chi connectivity index (χ4n) is 3.19. The molecule has 0 amide bonds. The number of esters is 1. The Hall–Kier alpha value is -3.50. The summed E-state index contributed by atoms with van der Waals surface area (Å²) in [7, 11) is 0. The van der Waals surface area contributed by atoms with Crippen LogP contribution in [0.1, 0.15) is 26.3 Å². The lowest BCUT2D eigenvalue weighted by Gasteiger charge is -2.11. The summed E-state index contributed by atoms with van der Waals surface area (Å²) in [6.45, 7) is 1.60. The molecule has 4 nitrogen and oxygen atoms in total. The minimum atomic E-state index is -0.563. The van der Waals surface area contributed by atoms with Crippen LogP contribution in [0.3, 0.4) is 0 Å². The number of aromatic nitrogens is 1. The van der Waals surface area contributed by atoms with E-state index in [0.29, 0.717) is 32.7 Å². The smallest absolute Gasteiger partial charge is 0.339 e. The summed E-state index contributed by atoms with van der Waals surface area (Å²) in [4.78, 5) is 30.0. The predicted molar refractivity (Wildman–Crippen MR) is 118 cm³/mol. The van der Waals surface area contributed by atoms with Crippen LogP contribution < -0.4 is 0 Å². The number of halogens is 1. The summed E-state index contributed by atoms with van der Waals surface area (Å²) < 4.78 is 5.36. The Kier molecular flexibility index (Phi) is 5.59. The standard InChI is InChI=1S/C25H18ClNO3/c1-16-7-12-22-20(13-16)21(14-23(27-22)17-5-3-2-4-6-17)25(29)30-15-24(28)18-8-10-19(26)11-9-18/h2-14H,15H2,1H3. The number of ketones is 1. The minimum Gasteiger partial charge on any atom is -0.454 e. The molecule has 1 heterocycles. The number of ether oxygens (including phenoxy) is 1. The summed E-state index contributed by atoms with van der Waals surface area (Å²) >= 11 is 5.85. The number of hydrogen-bond acceptors (Lipinski definition) is 4. The molecule has 148 valence electrons. The second kappa shape index (κ2) is 8.47. The first-order valence-corrected chi connectivity index (χ1v) is 9.82. The monoisotopic (exact) mass is 415 g/mol. The Morgan fingerprint density at radius 3 is 2.40 bits per heavy atom. The molecular weight excluding hydrogens is 398 g/mol. The van der Waals surface area contributed by atoms with Crippen LogP contribution in [-0.2, 0) is 4.74 Å². The topological polar surface area (TPSA) is 56.3 Å². The van der Waals surface area contributed by atoms with E-state index in [4.69, 9.17) is 21.3 Å². The van der Waals surface area contributed by atoms with Crippen molar-refractivity contribution in [1.82, 2.24) is 4.98 Å². The van der Waals surface area contributed by atoms with Crippen molar-refractivity contribution in [2.24, 2.45) is 0 Å². The zero-order valence-electron chi connectivity index (χ0n) is 16.3. The van der Waals surface area contributed by atoms with E-state index >= 15 is 0 Å². The van der Waals surface area contributed by atoms with Gasteiger partial charge in [0.1, 0.15) is 0 Å². The Bertz CT molecular complexity index is 1230. The molecule has 0 saturated carbocycles. The molecule has 1 aromatic heterocycles. The van der Waals surface area contributed by atoms with Gasteiger partial charge in [0.2, 0.25) is 0 Å². The van der Waals surface area contributed by atoms with Crippen molar-refractivity contribution >= 4 is 34.3 Å².